The van der Waals surface area contributed by atoms with Gasteiger partial charge in [-0.2, -0.15) is 0 Å². The second-order valence-electron chi connectivity index (χ2n) is 4.41. The Morgan fingerprint density at radius 2 is 2.17 bits per heavy atom. The van der Waals surface area contributed by atoms with E-state index < -0.39 is 0 Å². The lowest BCUT2D eigenvalue weighted by Crippen LogP contribution is -1.93. The number of aliphatic imine (C=N–C) groups is 2. The standard InChI is InChI=1S/C15H19N3/c1-5-7-12-14(16-6-2)15-13(18(12)4)9-8-11(3)10-17-15/h5-11H,1-4H3/b7-5-,16-6?/t11-/m0/s1. The highest BCUT2D eigenvalue weighted by Gasteiger charge is 2.18. The summed E-state index contributed by atoms with van der Waals surface area (Å²) in [6.45, 7) is 6.07. The first-order chi connectivity index (χ1) is 8.69. The summed E-state index contributed by atoms with van der Waals surface area (Å²) in [6.07, 6.45) is 12.2. The largest absolute Gasteiger partial charge is 0.341 e. The van der Waals surface area contributed by atoms with Crippen LogP contribution in [0.15, 0.2) is 22.1 Å². The van der Waals surface area contributed by atoms with Crippen LogP contribution in [-0.4, -0.2) is 17.0 Å². The summed E-state index contributed by atoms with van der Waals surface area (Å²) in [4.78, 5) is 9.08. The van der Waals surface area contributed by atoms with Crippen LogP contribution in [0.25, 0.3) is 12.2 Å². The zero-order valence-electron chi connectivity index (χ0n) is 11.4. The van der Waals surface area contributed by atoms with E-state index in [1.165, 1.54) is 0 Å². The van der Waals surface area contributed by atoms with Crippen molar-refractivity contribution in [1.82, 2.24) is 4.57 Å². The van der Waals surface area contributed by atoms with Gasteiger partial charge in [-0.05, 0) is 26.0 Å². The first kappa shape index (κ1) is 12.6. The van der Waals surface area contributed by atoms with Crippen LogP contribution in [0.4, 0.5) is 11.4 Å². The number of hydrogen-bond donors (Lipinski definition) is 0. The van der Waals surface area contributed by atoms with Crippen molar-refractivity contribution in [2.45, 2.75) is 20.8 Å². The molecular weight excluding hydrogens is 222 g/mol. The first-order valence-electron chi connectivity index (χ1n) is 6.25. The van der Waals surface area contributed by atoms with Crippen molar-refractivity contribution in [3.05, 3.63) is 23.5 Å². The first-order valence-corrected chi connectivity index (χ1v) is 6.25. The molecule has 3 heteroatoms. The molecule has 0 radical (unpaired) electrons. The molecule has 2 rings (SSSR count). The number of rotatable bonds is 2. The van der Waals surface area contributed by atoms with Crippen molar-refractivity contribution in [2.24, 2.45) is 23.0 Å². The zero-order valence-corrected chi connectivity index (χ0v) is 11.4. The summed E-state index contributed by atoms with van der Waals surface area (Å²) >= 11 is 0. The van der Waals surface area contributed by atoms with Gasteiger partial charge in [0.15, 0.2) is 0 Å². The fraction of sp³-hybridized carbons (Fsp3) is 0.333. The second-order valence-corrected chi connectivity index (χ2v) is 4.41. The van der Waals surface area contributed by atoms with E-state index in [-0.39, 0.29) is 0 Å². The highest BCUT2D eigenvalue weighted by molar-refractivity contribution is 5.88. The lowest BCUT2D eigenvalue weighted by Gasteiger charge is -2.01. The van der Waals surface area contributed by atoms with Gasteiger partial charge in [-0.3, -0.25) is 9.98 Å². The van der Waals surface area contributed by atoms with Gasteiger partial charge < -0.3 is 4.57 Å². The highest BCUT2D eigenvalue weighted by Crippen LogP contribution is 2.40. The third-order valence-corrected chi connectivity index (χ3v) is 3.01. The Morgan fingerprint density at radius 3 is 2.83 bits per heavy atom. The van der Waals surface area contributed by atoms with Gasteiger partial charge in [0.25, 0.3) is 0 Å². The molecule has 94 valence electrons. The summed E-state index contributed by atoms with van der Waals surface area (Å²) in [6, 6.07) is 0. The fourth-order valence-electron chi connectivity index (χ4n) is 2.10. The van der Waals surface area contributed by atoms with Crippen LogP contribution in [0.2, 0.25) is 0 Å². The minimum absolute atomic E-state index is 0.362. The van der Waals surface area contributed by atoms with Crippen molar-refractivity contribution in [3.8, 4) is 0 Å². The average molecular weight is 241 g/mol. The van der Waals surface area contributed by atoms with Crippen LogP contribution in [0.1, 0.15) is 32.2 Å². The molecule has 0 unspecified atom stereocenters. The second kappa shape index (κ2) is 5.17. The molecular formula is C15H19N3. The molecule has 1 aliphatic heterocycles. The van der Waals surface area contributed by atoms with E-state index in [0.717, 1.165) is 22.8 Å². The Labute approximate surface area is 108 Å². The van der Waals surface area contributed by atoms with Gasteiger partial charge in [0.2, 0.25) is 0 Å². The summed E-state index contributed by atoms with van der Waals surface area (Å²) in [5, 5.41) is 0. The molecule has 1 atom stereocenters. The maximum atomic E-state index is 4.59. The minimum Gasteiger partial charge on any atom is -0.341 e. The van der Waals surface area contributed by atoms with Crippen LogP contribution >= 0.6 is 0 Å². The lowest BCUT2D eigenvalue weighted by atomic mass is 10.2. The van der Waals surface area contributed by atoms with E-state index in [9.17, 15) is 0 Å². The topological polar surface area (TPSA) is 29.6 Å². The molecule has 1 aromatic heterocycles. The monoisotopic (exact) mass is 241 g/mol. The Balaban J connectivity index is 2.72. The number of aromatic nitrogens is 1. The van der Waals surface area contributed by atoms with E-state index in [4.69, 9.17) is 0 Å². The Morgan fingerprint density at radius 1 is 1.39 bits per heavy atom. The number of allylic oxidation sites excluding steroid dienone is 2. The molecule has 0 bridgehead atoms. The van der Waals surface area contributed by atoms with Crippen molar-refractivity contribution in [3.63, 3.8) is 0 Å². The molecule has 0 aliphatic carbocycles. The molecule has 3 nitrogen and oxygen atoms in total. The van der Waals surface area contributed by atoms with Crippen molar-refractivity contribution in [2.75, 3.05) is 0 Å². The van der Waals surface area contributed by atoms with Gasteiger partial charge >= 0.3 is 0 Å². The minimum atomic E-state index is 0.362. The lowest BCUT2D eigenvalue weighted by molar-refractivity contribution is 0.901. The SMILES string of the molecule is CC=Nc1c2c(n(C)c1/C=C\C)C=C[C@H](C)C=N2. The van der Waals surface area contributed by atoms with Gasteiger partial charge in [-0.1, -0.05) is 19.1 Å². The Bertz CT molecular complexity index is 557. The average Bonchev–Trinajstić information content (AvgIpc) is 2.51. The van der Waals surface area contributed by atoms with Crippen LogP contribution in [-0.2, 0) is 7.05 Å². The number of hydrogen-bond acceptors (Lipinski definition) is 2. The predicted molar refractivity (Wildman–Crippen MR) is 80.3 cm³/mol. The van der Waals surface area contributed by atoms with Crippen molar-refractivity contribution in [1.29, 1.82) is 0 Å². The zero-order chi connectivity index (χ0) is 13.1. The van der Waals surface area contributed by atoms with E-state index in [0.29, 0.717) is 5.92 Å². The molecule has 18 heavy (non-hydrogen) atoms. The maximum Gasteiger partial charge on any atom is 0.114 e. The Kier molecular flexibility index (Phi) is 3.60. The van der Waals surface area contributed by atoms with E-state index in [1.807, 2.05) is 32.4 Å². The summed E-state index contributed by atoms with van der Waals surface area (Å²) in [5.74, 6) is 0.362. The van der Waals surface area contributed by atoms with Crippen LogP contribution in [0.5, 0.6) is 0 Å². The maximum absolute atomic E-state index is 4.59. The van der Waals surface area contributed by atoms with E-state index in [2.05, 4.69) is 46.8 Å². The molecule has 0 spiro atoms. The molecule has 0 fully saturated rings. The van der Waals surface area contributed by atoms with Gasteiger partial charge in [-0.15, -0.1) is 0 Å². The van der Waals surface area contributed by atoms with Gasteiger partial charge in [-0.25, -0.2) is 0 Å². The molecule has 0 saturated heterocycles. The summed E-state index contributed by atoms with van der Waals surface area (Å²) < 4.78 is 2.14. The van der Waals surface area contributed by atoms with Crippen LogP contribution in [0, 0.1) is 5.92 Å². The Hall–Kier alpha value is -1.90. The molecule has 1 aliphatic rings. The van der Waals surface area contributed by atoms with E-state index in [1.54, 1.807) is 0 Å². The van der Waals surface area contributed by atoms with Crippen molar-refractivity contribution >= 4 is 36.0 Å². The van der Waals surface area contributed by atoms with Crippen LogP contribution < -0.4 is 0 Å². The van der Waals surface area contributed by atoms with Gasteiger partial charge in [0.1, 0.15) is 11.4 Å². The van der Waals surface area contributed by atoms with Gasteiger partial charge in [0.05, 0.1) is 11.4 Å². The molecule has 0 N–H and O–H groups in total. The third-order valence-electron chi connectivity index (χ3n) is 3.01. The smallest absolute Gasteiger partial charge is 0.114 e. The third kappa shape index (κ3) is 2.08. The summed E-state index contributed by atoms with van der Waals surface area (Å²) in [7, 11) is 2.05. The van der Waals surface area contributed by atoms with Crippen LogP contribution in [0.3, 0.4) is 0 Å². The molecule has 0 amide bonds. The van der Waals surface area contributed by atoms with Gasteiger partial charge in [0, 0.05) is 25.4 Å². The molecule has 0 aromatic carbocycles. The van der Waals surface area contributed by atoms with Crippen molar-refractivity contribution < 1.29 is 0 Å². The normalized spacial score (nSPS) is 18.8. The summed E-state index contributed by atoms with van der Waals surface area (Å²) in [5.41, 5.74) is 4.12. The molecule has 1 aromatic rings. The quantitative estimate of drug-likeness (QED) is 0.696. The number of fused-ring (bicyclic) bond motifs is 1. The predicted octanol–water partition coefficient (Wildman–Crippen LogP) is 4.15. The molecule has 0 saturated carbocycles. The van der Waals surface area contributed by atoms with E-state index >= 15 is 0 Å². The highest BCUT2D eigenvalue weighted by atomic mass is 15.0. The molecule has 2 heterocycles. The fourth-order valence-corrected chi connectivity index (χ4v) is 2.10. The number of nitrogens with zero attached hydrogens (tertiary/aromatic N) is 3.